The first-order valence-corrected chi connectivity index (χ1v) is 9.69. The third-order valence-corrected chi connectivity index (χ3v) is 4.42. The van der Waals surface area contributed by atoms with Crippen LogP contribution in [-0.2, 0) is 9.53 Å². The molecule has 2 rings (SSSR count). The summed E-state index contributed by atoms with van der Waals surface area (Å²) in [6.07, 6.45) is 0.651. The molecule has 1 aromatic carbocycles. The highest BCUT2D eigenvalue weighted by molar-refractivity contribution is 5.94. The van der Waals surface area contributed by atoms with Crippen LogP contribution in [0.4, 0.5) is 8.78 Å². The number of halogens is 2. The van der Waals surface area contributed by atoms with Crippen LogP contribution in [0.5, 0.6) is 0 Å². The van der Waals surface area contributed by atoms with Crippen molar-refractivity contribution in [2.75, 3.05) is 39.3 Å². The van der Waals surface area contributed by atoms with E-state index < -0.39 is 17.5 Å². The molecule has 0 saturated carbocycles. The Balaban J connectivity index is 1.61. The van der Waals surface area contributed by atoms with E-state index in [1.807, 2.05) is 0 Å². The third kappa shape index (κ3) is 7.52. The van der Waals surface area contributed by atoms with Gasteiger partial charge in [0.1, 0.15) is 11.6 Å². The lowest BCUT2D eigenvalue weighted by atomic mass is 10.1. The van der Waals surface area contributed by atoms with Crippen molar-refractivity contribution in [2.45, 2.75) is 32.8 Å². The first kappa shape index (κ1) is 22.2. The molecule has 28 heavy (non-hydrogen) atoms. The van der Waals surface area contributed by atoms with E-state index in [0.29, 0.717) is 31.6 Å². The SMILES string of the molecule is CC(C)CN1CCOC(CNC(=O)CCCNC(=O)c2ccc(F)cc2F)C1. The fraction of sp³-hybridized carbons (Fsp3) is 0.600. The largest absolute Gasteiger partial charge is 0.374 e. The number of hydrogen-bond acceptors (Lipinski definition) is 4. The number of nitrogens with one attached hydrogen (secondary N) is 2. The standard InChI is InChI=1S/C20H29F2N3O3/c1-14(2)12-25-8-9-28-16(13-25)11-24-19(26)4-3-7-23-20(27)17-6-5-15(21)10-18(17)22/h5-6,10,14,16H,3-4,7-9,11-13H2,1-2H3,(H,23,27)(H,24,26). The second kappa shape index (κ2) is 11.1. The van der Waals surface area contributed by atoms with Gasteiger partial charge >= 0.3 is 0 Å². The van der Waals surface area contributed by atoms with Crippen LogP contribution in [0.3, 0.4) is 0 Å². The van der Waals surface area contributed by atoms with Crippen molar-refractivity contribution in [2.24, 2.45) is 5.92 Å². The van der Waals surface area contributed by atoms with Gasteiger partial charge in [0, 0.05) is 45.2 Å². The van der Waals surface area contributed by atoms with Gasteiger partial charge in [0.15, 0.2) is 0 Å². The van der Waals surface area contributed by atoms with Crippen molar-refractivity contribution >= 4 is 11.8 Å². The van der Waals surface area contributed by atoms with Gasteiger partial charge in [0.2, 0.25) is 5.91 Å². The Kier molecular flexibility index (Phi) is 8.79. The molecule has 156 valence electrons. The minimum absolute atomic E-state index is 0.0161. The minimum Gasteiger partial charge on any atom is -0.374 e. The van der Waals surface area contributed by atoms with Gasteiger partial charge in [-0.15, -0.1) is 0 Å². The van der Waals surface area contributed by atoms with Gasteiger partial charge in [0.05, 0.1) is 18.3 Å². The topological polar surface area (TPSA) is 70.7 Å². The van der Waals surface area contributed by atoms with Crippen LogP contribution in [0.1, 0.15) is 37.0 Å². The van der Waals surface area contributed by atoms with Gasteiger partial charge in [-0.2, -0.15) is 0 Å². The summed E-state index contributed by atoms with van der Waals surface area (Å²) in [4.78, 5) is 26.2. The fourth-order valence-corrected chi connectivity index (χ4v) is 3.12. The van der Waals surface area contributed by atoms with E-state index in [1.54, 1.807) is 0 Å². The molecule has 0 bridgehead atoms. The van der Waals surface area contributed by atoms with E-state index in [-0.39, 0.29) is 30.5 Å². The molecule has 6 nitrogen and oxygen atoms in total. The summed E-state index contributed by atoms with van der Waals surface area (Å²) in [7, 11) is 0. The van der Waals surface area contributed by atoms with Crippen molar-refractivity contribution in [3.63, 3.8) is 0 Å². The van der Waals surface area contributed by atoms with E-state index >= 15 is 0 Å². The molecule has 8 heteroatoms. The molecule has 2 amide bonds. The highest BCUT2D eigenvalue weighted by Gasteiger charge is 2.21. The van der Waals surface area contributed by atoms with E-state index in [2.05, 4.69) is 29.4 Å². The molecule has 1 atom stereocenters. The lowest BCUT2D eigenvalue weighted by molar-refractivity contribution is -0.122. The van der Waals surface area contributed by atoms with Crippen molar-refractivity contribution in [3.05, 3.63) is 35.4 Å². The Morgan fingerprint density at radius 3 is 2.79 bits per heavy atom. The number of ether oxygens (including phenoxy) is 1. The van der Waals surface area contributed by atoms with E-state index in [9.17, 15) is 18.4 Å². The predicted molar refractivity (Wildman–Crippen MR) is 102 cm³/mol. The summed E-state index contributed by atoms with van der Waals surface area (Å²) in [6.45, 7) is 8.44. The van der Waals surface area contributed by atoms with E-state index in [0.717, 1.165) is 31.8 Å². The summed E-state index contributed by atoms with van der Waals surface area (Å²) in [6, 6.07) is 2.79. The zero-order valence-electron chi connectivity index (χ0n) is 16.5. The van der Waals surface area contributed by atoms with E-state index in [4.69, 9.17) is 4.74 Å². The average Bonchev–Trinajstić information content (AvgIpc) is 2.63. The molecule has 0 aliphatic carbocycles. The Morgan fingerprint density at radius 1 is 1.29 bits per heavy atom. The van der Waals surface area contributed by atoms with Crippen molar-refractivity contribution < 1.29 is 23.1 Å². The molecule has 1 fully saturated rings. The summed E-state index contributed by atoms with van der Waals surface area (Å²) < 4.78 is 32.1. The molecule has 1 saturated heterocycles. The van der Waals surface area contributed by atoms with Crippen molar-refractivity contribution in [3.8, 4) is 0 Å². The maximum Gasteiger partial charge on any atom is 0.254 e. The molecule has 1 unspecified atom stereocenters. The molecule has 1 aliphatic rings. The first-order chi connectivity index (χ1) is 13.3. The Morgan fingerprint density at radius 2 is 2.07 bits per heavy atom. The summed E-state index contributed by atoms with van der Waals surface area (Å²) in [5.74, 6) is -1.80. The quantitative estimate of drug-likeness (QED) is 0.625. The molecule has 0 radical (unpaired) electrons. The molecule has 2 N–H and O–H groups in total. The summed E-state index contributed by atoms with van der Waals surface area (Å²) >= 11 is 0. The molecule has 0 spiro atoms. The third-order valence-electron chi connectivity index (χ3n) is 4.42. The number of amides is 2. The normalized spacial score (nSPS) is 17.5. The number of morpholine rings is 1. The lowest BCUT2D eigenvalue weighted by Gasteiger charge is -2.33. The van der Waals surface area contributed by atoms with Gasteiger partial charge in [-0.25, -0.2) is 8.78 Å². The van der Waals surface area contributed by atoms with Crippen LogP contribution < -0.4 is 10.6 Å². The van der Waals surface area contributed by atoms with Gasteiger partial charge in [0.25, 0.3) is 5.91 Å². The Bertz CT molecular complexity index is 670. The second-order valence-corrected chi connectivity index (χ2v) is 7.43. The molecule has 0 aromatic heterocycles. The maximum absolute atomic E-state index is 13.5. The monoisotopic (exact) mass is 397 g/mol. The van der Waals surface area contributed by atoms with Crippen LogP contribution >= 0.6 is 0 Å². The molecular weight excluding hydrogens is 368 g/mol. The number of nitrogens with zero attached hydrogens (tertiary/aromatic N) is 1. The lowest BCUT2D eigenvalue weighted by Crippen LogP contribution is -2.48. The second-order valence-electron chi connectivity index (χ2n) is 7.43. The van der Waals surface area contributed by atoms with E-state index in [1.165, 1.54) is 0 Å². The zero-order valence-corrected chi connectivity index (χ0v) is 16.5. The van der Waals surface area contributed by atoms with Crippen molar-refractivity contribution in [1.82, 2.24) is 15.5 Å². The number of hydrogen-bond donors (Lipinski definition) is 2. The minimum atomic E-state index is -0.908. The predicted octanol–water partition coefficient (Wildman–Crippen LogP) is 1.95. The molecule has 1 heterocycles. The Labute approximate surface area is 164 Å². The smallest absolute Gasteiger partial charge is 0.254 e. The zero-order chi connectivity index (χ0) is 20.5. The first-order valence-electron chi connectivity index (χ1n) is 9.69. The summed E-state index contributed by atoms with van der Waals surface area (Å²) in [5.41, 5.74) is -0.216. The average molecular weight is 397 g/mol. The van der Waals surface area contributed by atoms with Crippen LogP contribution in [0, 0.1) is 17.6 Å². The number of benzene rings is 1. The van der Waals surface area contributed by atoms with Gasteiger partial charge < -0.3 is 15.4 Å². The van der Waals surface area contributed by atoms with Gasteiger partial charge in [-0.1, -0.05) is 13.8 Å². The molecule has 1 aliphatic heterocycles. The van der Waals surface area contributed by atoms with Crippen LogP contribution in [0.15, 0.2) is 18.2 Å². The Hall–Kier alpha value is -2.06. The van der Waals surface area contributed by atoms with Crippen molar-refractivity contribution in [1.29, 1.82) is 0 Å². The number of carbonyl (C=O) groups is 2. The van der Waals surface area contributed by atoms with Crippen LogP contribution in [-0.4, -0.2) is 62.1 Å². The molecular formula is C20H29F2N3O3. The maximum atomic E-state index is 13.5. The van der Waals surface area contributed by atoms with Gasteiger partial charge in [-0.3, -0.25) is 14.5 Å². The fourth-order valence-electron chi connectivity index (χ4n) is 3.12. The molecule has 1 aromatic rings. The highest BCUT2D eigenvalue weighted by atomic mass is 19.1. The van der Waals surface area contributed by atoms with Crippen LogP contribution in [0.2, 0.25) is 0 Å². The van der Waals surface area contributed by atoms with Gasteiger partial charge in [-0.05, 0) is 24.5 Å². The van der Waals surface area contributed by atoms with Crippen LogP contribution in [0.25, 0.3) is 0 Å². The number of carbonyl (C=O) groups excluding carboxylic acids is 2. The number of rotatable bonds is 9. The summed E-state index contributed by atoms with van der Waals surface area (Å²) in [5, 5.41) is 5.39. The highest BCUT2D eigenvalue weighted by Crippen LogP contribution is 2.09.